The molecule has 1 aliphatic heterocycles. The molecule has 1 aliphatic rings. The van der Waals surface area contributed by atoms with Crippen molar-refractivity contribution in [3.05, 3.63) is 75.8 Å². The van der Waals surface area contributed by atoms with Crippen LogP contribution in [0.2, 0.25) is 0 Å². The molecule has 2 heterocycles. The number of nitrogens with zero attached hydrogens (tertiary/aromatic N) is 3. The maximum absolute atomic E-state index is 12.8. The monoisotopic (exact) mass is 535 g/mol. The molecule has 8 nitrogen and oxygen atoms in total. The second-order valence-electron chi connectivity index (χ2n) is 10.0. The fraction of sp³-hybridized carbons (Fsp3) is 0.448. The summed E-state index contributed by atoms with van der Waals surface area (Å²) in [6.45, 7) is 7.35. The predicted molar refractivity (Wildman–Crippen MR) is 149 cm³/mol. The van der Waals surface area contributed by atoms with Crippen molar-refractivity contribution in [3.63, 3.8) is 0 Å². The first-order valence-electron chi connectivity index (χ1n) is 13.3. The Morgan fingerprint density at radius 2 is 1.95 bits per heavy atom. The van der Waals surface area contributed by atoms with Gasteiger partial charge in [0.1, 0.15) is 5.75 Å². The third kappa shape index (κ3) is 8.36. The van der Waals surface area contributed by atoms with Gasteiger partial charge in [0, 0.05) is 25.2 Å². The predicted octanol–water partition coefficient (Wildman–Crippen LogP) is 4.20. The summed E-state index contributed by atoms with van der Waals surface area (Å²) in [6.07, 6.45) is 3.12. The normalized spacial score (nSPS) is 15.4. The summed E-state index contributed by atoms with van der Waals surface area (Å²) in [5.74, 6) is 1.04. The molecule has 0 unspecified atom stereocenters. The number of amides is 2. The number of rotatable bonds is 7. The molecule has 38 heavy (non-hydrogen) atoms. The summed E-state index contributed by atoms with van der Waals surface area (Å²) in [6, 6.07) is 16.1. The van der Waals surface area contributed by atoms with Crippen LogP contribution in [0.3, 0.4) is 0 Å². The van der Waals surface area contributed by atoms with Crippen molar-refractivity contribution in [2.45, 2.75) is 65.1 Å². The third-order valence-corrected chi connectivity index (χ3v) is 7.22. The van der Waals surface area contributed by atoms with Gasteiger partial charge < -0.3 is 15.4 Å². The van der Waals surface area contributed by atoms with Gasteiger partial charge in [0.15, 0.2) is 0 Å². The summed E-state index contributed by atoms with van der Waals surface area (Å²) in [5, 5.41) is 10.3. The first kappa shape index (κ1) is 27.7. The molecule has 4 rings (SSSR count). The van der Waals surface area contributed by atoms with E-state index in [9.17, 15) is 9.59 Å². The van der Waals surface area contributed by atoms with Crippen LogP contribution in [-0.4, -0.2) is 46.0 Å². The van der Waals surface area contributed by atoms with E-state index in [1.165, 1.54) is 11.5 Å². The van der Waals surface area contributed by atoms with Gasteiger partial charge >= 0.3 is 0 Å². The van der Waals surface area contributed by atoms with Gasteiger partial charge in [-0.3, -0.25) is 14.5 Å². The van der Waals surface area contributed by atoms with Crippen molar-refractivity contribution in [2.75, 3.05) is 19.7 Å². The minimum Gasteiger partial charge on any atom is -0.493 e. The SMILES string of the molecule is CC(C)c1nnsc1CNC(=O)Cc1ccc2c(c1)CN(Cc1ccccc1)CC(=O)NCCCCCO2. The lowest BCUT2D eigenvalue weighted by Crippen LogP contribution is -2.37. The maximum atomic E-state index is 12.8. The number of nitrogens with one attached hydrogen (secondary N) is 2. The van der Waals surface area contributed by atoms with E-state index in [2.05, 4.69) is 51.1 Å². The van der Waals surface area contributed by atoms with Gasteiger partial charge in [-0.25, -0.2) is 0 Å². The molecule has 0 spiro atoms. The van der Waals surface area contributed by atoms with Crippen molar-refractivity contribution >= 4 is 23.3 Å². The summed E-state index contributed by atoms with van der Waals surface area (Å²) in [7, 11) is 0. The zero-order chi connectivity index (χ0) is 26.7. The van der Waals surface area contributed by atoms with Gasteiger partial charge in [-0.1, -0.05) is 60.8 Å². The molecule has 0 saturated heterocycles. The summed E-state index contributed by atoms with van der Waals surface area (Å²) < 4.78 is 10.2. The summed E-state index contributed by atoms with van der Waals surface area (Å²) in [5.41, 5.74) is 3.96. The molecule has 2 aromatic carbocycles. The van der Waals surface area contributed by atoms with Gasteiger partial charge in [0.2, 0.25) is 11.8 Å². The second kappa shape index (κ2) is 14.0. The largest absolute Gasteiger partial charge is 0.493 e. The Morgan fingerprint density at radius 1 is 1.11 bits per heavy atom. The number of aromatic nitrogens is 2. The molecule has 0 saturated carbocycles. The zero-order valence-electron chi connectivity index (χ0n) is 22.2. The molecule has 0 fully saturated rings. The lowest BCUT2D eigenvalue weighted by atomic mass is 10.1. The van der Waals surface area contributed by atoms with Crippen LogP contribution >= 0.6 is 11.5 Å². The number of hydrogen-bond acceptors (Lipinski definition) is 7. The first-order valence-corrected chi connectivity index (χ1v) is 14.1. The highest BCUT2D eigenvalue weighted by Crippen LogP contribution is 2.24. The number of hydrogen-bond donors (Lipinski definition) is 2. The van der Waals surface area contributed by atoms with E-state index in [0.717, 1.165) is 52.3 Å². The molecule has 0 aliphatic carbocycles. The fourth-order valence-electron chi connectivity index (χ4n) is 4.53. The quantitative estimate of drug-likeness (QED) is 0.471. The van der Waals surface area contributed by atoms with Gasteiger partial charge in [-0.05, 0) is 53.9 Å². The zero-order valence-corrected chi connectivity index (χ0v) is 23.1. The molecular formula is C29H37N5O3S. The van der Waals surface area contributed by atoms with Crippen molar-refractivity contribution in [2.24, 2.45) is 0 Å². The number of carbonyl (C=O) groups excluding carboxylic acids is 2. The minimum absolute atomic E-state index is 0.0245. The Bertz CT molecular complexity index is 1200. The summed E-state index contributed by atoms with van der Waals surface area (Å²) in [4.78, 5) is 28.6. The number of ether oxygens (including phenoxy) is 1. The van der Waals surface area contributed by atoms with Crippen LogP contribution in [0, 0.1) is 0 Å². The van der Waals surface area contributed by atoms with Gasteiger partial charge in [-0.15, -0.1) is 5.10 Å². The molecule has 1 aromatic heterocycles. The standard InChI is InChI=1S/C29H37N5O3S/c1-21(2)29-26(38-33-32-29)17-31-27(35)16-23-11-12-25-24(15-23)19-34(18-22-9-5-3-6-10-22)20-28(36)30-13-7-4-8-14-37-25/h3,5-6,9-12,15,21H,4,7-8,13-14,16-20H2,1-2H3,(H,30,36)(H,31,35). The fourth-order valence-corrected chi connectivity index (χ4v) is 5.27. The number of benzene rings is 2. The Hall–Kier alpha value is -3.30. The van der Waals surface area contributed by atoms with Crippen molar-refractivity contribution < 1.29 is 14.3 Å². The highest BCUT2D eigenvalue weighted by Gasteiger charge is 2.17. The van der Waals surface area contributed by atoms with Gasteiger partial charge in [-0.2, -0.15) is 0 Å². The molecule has 9 heteroatoms. The topological polar surface area (TPSA) is 96.5 Å². The lowest BCUT2D eigenvalue weighted by molar-refractivity contribution is -0.122. The second-order valence-corrected chi connectivity index (χ2v) is 10.9. The lowest BCUT2D eigenvalue weighted by Gasteiger charge is -2.23. The Balaban J connectivity index is 1.49. The smallest absolute Gasteiger partial charge is 0.234 e. The van der Waals surface area contributed by atoms with Crippen LogP contribution in [-0.2, 0) is 35.6 Å². The maximum Gasteiger partial charge on any atom is 0.234 e. The van der Waals surface area contributed by atoms with Crippen LogP contribution < -0.4 is 15.4 Å². The van der Waals surface area contributed by atoms with Crippen LogP contribution in [0.5, 0.6) is 5.75 Å². The van der Waals surface area contributed by atoms with Gasteiger partial charge in [0.25, 0.3) is 0 Å². The Labute approximate surface area is 228 Å². The molecule has 0 radical (unpaired) electrons. The first-order chi connectivity index (χ1) is 18.5. The summed E-state index contributed by atoms with van der Waals surface area (Å²) >= 11 is 1.33. The van der Waals surface area contributed by atoms with Crippen molar-refractivity contribution in [1.29, 1.82) is 0 Å². The van der Waals surface area contributed by atoms with Crippen LogP contribution in [0.25, 0.3) is 0 Å². The van der Waals surface area contributed by atoms with Crippen LogP contribution in [0.15, 0.2) is 48.5 Å². The molecule has 202 valence electrons. The molecule has 2 N–H and O–H groups in total. The van der Waals surface area contributed by atoms with E-state index in [-0.39, 0.29) is 24.2 Å². The van der Waals surface area contributed by atoms with Crippen molar-refractivity contribution in [1.82, 2.24) is 25.1 Å². The highest BCUT2D eigenvalue weighted by molar-refractivity contribution is 7.05. The Kier molecular flexibility index (Phi) is 10.2. The van der Waals surface area contributed by atoms with E-state index in [0.29, 0.717) is 39.3 Å². The molecular weight excluding hydrogens is 498 g/mol. The van der Waals surface area contributed by atoms with Crippen molar-refractivity contribution in [3.8, 4) is 5.75 Å². The molecule has 2 amide bonds. The van der Waals surface area contributed by atoms with E-state index >= 15 is 0 Å². The average Bonchev–Trinajstić information content (AvgIpc) is 3.37. The number of fused-ring (bicyclic) bond motifs is 1. The number of carbonyl (C=O) groups is 2. The van der Waals surface area contributed by atoms with Crippen LogP contribution in [0.4, 0.5) is 0 Å². The average molecular weight is 536 g/mol. The molecule has 0 bridgehead atoms. The van der Waals surface area contributed by atoms with E-state index in [1.54, 1.807) is 0 Å². The third-order valence-electron chi connectivity index (χ3n) is 6.48. The van der Waals surface area contributed by atoms with E-state index < -0.39 is 0 Å². The minimum atomic E-state index is -0.0564. The molecule has 3 aromatic rings. The van der Waals surface area contributed by atoms with E-state index in [4.69, 9.17) is 4.74 Å². The van der Waals surface area contributed by atoms with Crippen LogP contribution in [0.1, 0.15) is 66.3 Å². The highest BCUT2D eigenvalue weighted by atomic mass is 32.1. The van der Waals surface area contributed by atoms with Gasteiger partial charge in [0.05, 0.1) is 36.7 Å². The van der Waals surface area contributed by atoms with E-state index in [1.807, 2.05) is 36.4 Å². The Morgan fingerprint density at radius 3 is 2.76 bits per heavy atom. The molecule has 0 atom stereocenters.